The minimum atomic E-state index is -0.275. The molecule has 0 aliphatic carbocycles. The summed E-state index contributed by atoms with van der Waals surface area (Å²) in [6, 6.07) is 21.7. The summed E-state index contributed by atoms with van der Waals surface area (Å²) in [4.78, 5) is 22.2. The number of nitriles is 2. The highest BCUT2D eigenvalue weighted by atomic mass is 16.3. The molecule has 0 aliphatic rings. The van der Waals surface area contributed by atoms with Gasteiger partial charge in [-0.25, -0.2) is 9.97 Å². The van der Waals surface area contributed by atoms with Crippen LogP contribution in [0, 0.1) is 22.7 Å². The predicted octanol–water partition coefficient (Wildman–Crippen LogP) is 5.01. The Kier molecular flexibility index (Phi) is 4.10. The third-order valence-electron chi connectivity index (χ3n) is 5.04. The molecule has 0 amide bonds. The maximum Gasteiger partial charge on any atom is 0.246 e. The zero-order chi connectivity index (χ0) is 21.5. The molecule has 0 saturated heterocycles. The maximum atomic E-state index is 12.8. The van der Waals surface area contributed by atoms with Gasteiger partial charge in [-0.2, -0.15) is 10.5 Å². The summed E-state index contributed by atoms with van der Waals surface area (Å²) in [5.41, 5.74) is 3.55. The van der Waals surface area contributed by atoms with E-state index in [0.29, 0.717) is 33.0 Å². The van der Waals surface area contributed by atoms with E-state index in [-0.39, 0.29) is 28.3 Å². The Labute approximate surface area is 175 Å². The number of carbonyl (C=O) groups excluding carboxylic acids is 1. The van der Waals surface area contributed by atoms with Gasteiger partial charge in [-0.15, -0.1) is 0 Å². The molecule has 146 valence electrons. The van der Waals surface area contributed by atoms with Crippen molar-refractivity contribution in [3.05, 3.63) is 71.8 Å². The Morgan fingerprint density at radius 2 is 1.55 bits per heavy atom. The molecule has 2 heterocycles. The van der Waals surface area contributed by atoms with Crippen LogP contribution in [0.1, 0.15) is 22.8 Å². The second-order valence-corrected chi connectivity index (χ2v) is 6.93. The Morgan fingerprint density at radius 1 is 0.903 bits per heavy atom. The molecule has 0 unspecified atom stereocenters. The molecule has 7 nitrogen and oxygen atoms in total. The topological polar surface area (TPSA) is 108 Å². The number of para-hydroxylation sites is 3. The molecule has 0 saturated carbocycles. The van der Waals surface area contributed by atoms with Crippen molar-refractivity contribution in [3.8, 4) is 12.1 Å². The molecule has 0 spiro atoms. The number of carbonyl (C=O) groups is 1. The summed E-state index contributed by atoms with van der Waals surface area (Å²) >= 11 is 0. The maximum absolute atomic E-state index is 12.8. The molecule has 0 aliphatic heterocycles. The van der Waals surface area contributed by atoms with Crippen molar-refractivity contribution in [1.82, 2.24) is 14.5 Å². The third-order valence-corrected chi connectivity index (χ3v) is 5.04. The molecule has 31 heavy (non-hydrogen) atoms. The van der Waals surface area contributed by atoms with Crippen molar-refractivity contribution < 1.29 is 9.21 Å². The lowest BCUT2D eigenvalue weighted by Crippen LogP contribution is -2.08. The van der Waals surface area contributed by atoms with Gasteiger partial charge in [-0.1, -0.05) is 30.3 Å². The van der Waals surface area contributed by atoms with Gasteiger partial charge in [0.05, 0.1) is 33.2 Å². The van der Waals surface area contributed by atoms with Crippen molar-refractivity contribution >= 4 is 50.2 Å². The standard InChI is InChI=1S/C24H13N5O2/c1-14(30)29-20-9-5-2-6-17(20)23-24(28-19-8-4-3-7-18(19)27-23)31-22-11-16(13-26)15(12-25)10-21(22)29/h2-11H,1H3. The largest absolute Gasteiger partial charge is 0.435 e. The second-order valence-electron chi connectivity index (χ2n) is 6.93. The van der Waals surface area contributed by atoms with Gasteiger partial charge < -0.3 is 4.42 Å². The number of hydrogen-bond acceptors (Lipinski definition) is 6. The average molecular weight is 403 g/mol. The van der Waals surface area contributed by atoms with Gasteiger partial charge in [0.2, 0.25) is 11.6 Å². The highest BCUT2D eigenvalue weighted by Gasteiger charge is 2.15. The first kappa shape index (κ1) is 18.3. The number of hydrogen-bond donors (Lipinski definition) is 0. The van der Waals surface area contributed by atoms with Gasteiger partial charge in [0.25, 0.3) is 0 Å². The van der Waals surface area contributed by atoms with Gasteiger partial charge in [-0.3, -0.25) is 9.36 Å². The van der Waals surface area contributed by atoms with E-state index in [4.69, 9.17) is 9.40 Å². The summed E-state index contributed by atoms with van der Waals surface area (Å²) in [7, 11) is 0. The third kappa shape index (κ3) is 2.85. The van der Waals surface area contributed by atoms with Crippen LogP contribution in [0.2, 0.25) is 0 Å². The second kappa shape index (κ2) is 6.94. The Bertz CT molecular complexity index is 1690. The highest BCUT2D eigenvalue weighted by Crippen LogP contribution is 2.28. The average Bonchev–Trinajstić information content (AvgIpc) is 2.78. The zero-order valence-corrected chi connectivity index (χ0v) is 16.3. The van der Waals surface area contributed by atoms with Crippen molar-refractivity contribution in [2.75, 3.05) is 0 Å². The molecule has 0 bridgehead atoms. The van der Waals surface area contributed by atoms with Crippen LogP contribution in [-0.2, 0) is 0 Å². The van der Waals surface area contributed by atoms with Crippen LogP contribution in [0.4, 0.5) is 0 Å². The monoisotopic (exact) mass is 403 g/mol. The molecule has 0 N–H and O–H groups in total. The Balaban J connectivity index is 2.17. The number of rotatable bonds is 0. The van der Waals surface area contributed by atoms with Crippen molar-refractivity contribution in [2.45, 2.75) is 6.92 Å². The van der Waals surface area contributed by atoms with Crippen molar-refractivity contribution in [2.24, 2.45) is 0 Å². The summed E-state index contributed by atoms with van der Waals surface area (Å²) in [6.07, 6.45) is 0. The predicted molar refractivity (Wildman–Crippen MR) is 116 cm³/mol. The van der Waals surface area contributed by atoms with E-state index in [9.17, 15) is 15.3 Å². The lowest BCUT2D eigenvalue weighted by Gasteiger charge is -2.12. The quantitative estimate of drug-likeness (QED) is 0.359. The van der Waals surface area contributed by atoms with Gasteiger partial charge >= 0.3 is 0 Å². The lowest BCUT2D eigenvalue weighted by atomic mass is 10.1. The highest BCUT2D eigenvalue weighted by molar-refractivity contribution is 6.06. The molecule has 5 aromatic rings. The van der Waals surface area contributed by atoms with Crippen LogP contribution < -0.4 is 0 Å². The summed E-state index contributed by atoms with van der Waals surface area (Å²) in [5, 5.41) is 19.7. The van der Waals surface area contributed by atoms with E-state index < -0.39 is 0 Å². The molecule has 3 aromatic carbocycles. The van der Waals surface area contributed by atoms with E-state index in [1.165, 1.54) is 23.6 Å². The van der Waals surface area contributed by atoms with Gasteiger partial charge in [0.15, 0.2) is 5.58 Å². The molecule has 5 rings (SSSR count). The van der Waals surface area contributed by atoms with Gasteiger partial charge in [0.1, 0.15) is 17.7 Å². The zero-order valence-electron chi connectivity index (χ0n) is 16.3. The Hall–Kier alpha value is -4.75. The summed E-state index contributed by atoms with van der Waals surface area (Å²) < 4.78 is 7.61. The van der Waals surface area contributed by atoms with Crippen LogP contribution in [0.15, 0.2) is 65.1 Å². The van der Waals surface area contributed by atoms with Crippen LogP contribution in [0.25, 0.3) is 44.3 Å². The van der Waals surface area contributed by atoms with Crippen LogP contribution in [-0.4, -0.2) is 20.4 Å². The number of nitrogens with zero attached hydrogens (tertiary/aromatic N) is 5. The minimum absolute atomic E-state index is 0.147. The fourth-order valence-corrected chi connectivity index (χ4v) is 3.68. The normalized spacial score (nSPS) is 10.8. The first-order valence-electron chi connectivity index (χ1n) is 9.43. The molecule has 0 atom stereocenters. The van der Waals surface area contributed by atoms with Crippen LogP contribution >= 0.6 is 0 Å². The molecule has 0 radical (unpaired) electrons. The number of aromatic nitrogens is 3. The molecular formula is C24H13N5O2. The number of fused-ring (bicyclic) bond motifs is 5. The molecule has 0 fully saturated rings. The molecule has 7 heteroatoms. The van der Waals surface area contributed by atoms with Gasteiger partial charge in [-0.05, 0) is 24.3 Å². The first-order chi connectivity index (χ1) is 15.1. The fourth-order valence-electron chi connectivity index (χ4n) is 3.68. The van der Waals surface area contributed by atoms with Crippen molar-refractivity contribution in [1.29, 1.82) is 10.5 Å². The van der Waals surface area contributed by atoms with E-state index in [1.807, 2.05) is 54.6 Å². The molecular weight excluding hydrogens is 390 g/mol. The smallest absolute Gasteiger partial charge is 0.246 e. The first-order valence-corrected chi connectivity index (χ1v) is 9.43. The van der Waals surface area contributed by atoms with Crippen molar-refractivity contribution in [3.63, 3.8) is 0 Å². The van der Waals surface area contributed by atoms with E-state index in [1.54, 1.807) is 6.07 Å². The summed E-state index contributed by atoms with van der Waals surface area (Å²) in [5.74, 6) is -0.275. The Morgan fingerprint density at radius 3 is 2.26 bits per heavy atom. The summed E-state index contributed by atoms with van der Waals surface area (Å²) in [6.45, 7) is 1.43. The van der Waals surface area contributed by atoms with E-state index >= 15 is 0 Å². The fraction of sp³-hybridized carbons (Fsp3) is 0.0417. The van der Waals surface area contributed by atoms with E-state index in [0.717, 1.165) is 0 Å². The number of benzene rings is 3. The SMILES string of the molecule is CC(=O)n1c2cc(C#N)c(C#N)cc2oc2nc3ccccc3nc2c2ccccc21. The lowest BCUT2D eigenvalue weighted by molar-refractivity contribution is 0.0946. The van der Waals surface area contributed by atoms with E-state index in [2.05, 4.69) is 4.98 Å². The minimum Gasteiger partial charge on any atom is -0.435 e. The van der Waals surface area contributed by atoms with Crippen LogP contribution in [0.5, 0.6) is 0 Å². The molecule has 2 aromatic heterocycles. The van der Waals surface area contributed by atoms with Crippen LogP contribution in [0.3, 0.4) is 0 Å². The van der Waals surface area contributed by atoms with Gasteiger partial charge in [0, 0.05) is 18.4 Å².